The molecule has 196 valence electrons. The summed E-state index contributed by atoms with van der Waals surface area (Å²) in [7, 11) is 0. The van der Waals surface area contributed by atoms with Crippen molar-refractivity contribution in [1.29, 1.82) is 0 Å². The van der Waals surface area contributed by atoms with Gasteiger partial charge in [0, 0.05) is 42.4 Å². The smallest absolute Gasteiger partial charge is 0.298 e. The Kier molecular flexibility index (Phi) is 6.49. The van der Waals surface area contributed by atoms with E-state index in [1.54, 1.807) is 12.1 Å². The van der Waals surface area contributed by atoms with Crippen molar-refractivity contribution >= 4 is 22.4 Å². The Morgan fingerprint density at radius 3 is 2.65 bits per heavy atom. The molecule has 3 aromatic rings. The van der Waals surface area contributed by atoms with Gasteiger partial charge in [0.1, 0.15) is 17.7 Å². The second-order valence-electron chi connectivity index (χ2n) is 10.4. The van der Waals surface area contributed by atoms with E-state index in [0.29, 0.717) is 25.3 Å². The average molecular weight is 509 g/mol. The fourth-order valence-corrected chi connectivity index (χ4v) is 6.01. The van der Waals surface area contributed by atoms with Crippen LogP contribution in [0.1, 0.15) is 60.3 Å². The molecule has 0 amide bonds. The molecule has 0 saturated carbocycles. The first-order valence-corrected chi connectivity index (χ1v) is 13.4. The van der Waals surface area contributed by atoms with Crippen LogP contribution in [0.2, 0.25) is 0 Å². The lowest BCUT2D eigenvalue weighted by molar-refractivity contribution is -0.122. The fraction of sp³-hybridized carbons (Fsp3) is 0.517. The lowest BCUT2D eigenvalue weighted by Gasteiger charge is -2.31. The summed E-state index contributed by atoms with van der Waals surface area (Å²) in [5.41, 5.74) is 5.76. The van der Waals surface area contributed by atoms with Gasteiger partial charge in [-0.3, -0.25) is 0 Å². The number of alkyl halides is 2. The van der Waals surface area contributed by atoms with E-state index in [1.807, 2.05) is 19.9 Å². The summed E-state index contributed by atoms with van der Waals surface area (Å²) in [4.78, 5) is 12.0. The van der Waals surface area contributed by atoms with Gasteiger partial charge in [-0.1, -0.05) is 18.2 Å². The Labute approximate surface area is 216 Å². The van der Waals surface area contributed by atoms with Crippen LogP contribution in [0.15, 0.2) is 30.3 Å². The number of nitrogens with zero attached hydrogens (tertiary/aromatic N) is 3. The molecule has 8 heteroatoms. The molecule has 2 atom stereocenters. The molecule has 2 aromatic carbocycles. The van der Waals surface area contributed by atoms with Crippen LogP contribution >= 0.6 is 0 Å². The van der Waals surface area contributed by atoms with Crippen molar-refractivity contribution in [3.63, 3.8) is 0 Å². The zero-order valence-corrected chi connectivity index (χ0v) is 21.5. The van der Waals surface area contributed by atoms with E-state index in [4.69, 9.17) is 19.4 Å². The zero-order chi connectivity index (χ0) is 25.6. The van der Waals surface area contributed by atoms with Gasteiger partial charge in [-0.15, -0.1) is 0 Å². The van der Waals surface area contributed by atoms with Crippen molar-refractivity contribution in [1.82, 2.24) is 9.97 Å². The summed E-state index contributed by atoms with van der Waals surface area (Å²) >= 11 is 0. The Bertz CT molecular complexity index is 1300. The van der Waals surface area contributed by atoms with Gasteiger partial charge in [0.2, 0.25) is 0 Å². The van der Waals surface area contributed by atoms with Crippen LogP contribution in [0.4, 0.5) is 20.3 Å². The van der Waals surface area contributed by atoms with E-state index in [9.17, 15) is 0 Å². The van der Waals surface area contributed by atoms with Gasteiger partial charge >= 0.3 is 0 Å². The molecule has 1 aromatic heterocycles. The maximum Gasteiger partial charge on any atom is 0.298 e. The minimum absolute atomic E-state index is 0.00157. The molecule has 1 N–H and O–H groups in total. The molecule has 0 spiro atoms. The number of hydrogen-bond acceptors (Lipinski definition) is 6. The third-order valence-electron chi connectivity index (χ3n) is 7.96. The van der Waals surface area contributed by atoms with Gasteiger partial charge in [-0.2, -0.15) is 8.78 Å². The second kappa shape index (κ2) is 9.80. The Balaban J connectivity index is 1.36. The van der Waals surface area contributed by atoms with Gasteiger partial charge in [0.15, 0.2) is 0 Å². The van der Waals surface area contributed by atoms with Gasteiger partial charge in [0.05, 0.1) is 18.7 Å². The van der Waals surface area contributed by atoms with Crippen LogP contribution in [0.3, 0.4) is 0 Å². The van der Waals surface area contributed by atoms with Crippen LogP contribution in [0.5, 0.6) is 0 Å². The van der Waals surface area contributed by atoms with Crippen molar-refractivity contribution in [3.8, 4) is 0 Å². The van der Waals surface area contributed by atoms with E-state index in [0.717, 1.165) is 67.8 Å². The molecule has 2 aliphatic heterocycles. The molecule has 6 nitrogen and oxygen atoms in total. The van der Waals surface area contributed by atoms with Crippen molar-refractivity contribution in [2.24, 2.45) is 0 Å². The minimum Gasteiger partial charge on any atom is -0.378 e. The number of ether oxygens (including phenoxy) is 2. The summed E-state index contributed by atoms with van der Waals surface area (Å²) in [5, 5.41) is 4.53. The number of aromatic nitrogens is 2. The third kappa shape index (κ3) is 4.55. The maximum atomic E-state index is 15.2. The fourth-order valence-electron chi connectivity index (χ4n) is 6.01. The average Bonchev–Trinajstić information content (AvgIpc) is 3.62. The monoisotopic (exact) mass is 508 g/mol. The van der Waals surface area contributed by atoms with Crippen LogP contribution < -0.4 is 10.2 Å². The summed E-state index contributed by atoms with van der Waals surface area (Å²) in [6.45, 7) is 7.50. The molecule has 37 heavy (non-hydrogen) atoms. The standard InChI is InChI=1S/C29H34F2N4O2/c1-18(20-6-3-7-21(16-20)29(30,31)26-10-5-13-37-26)32-28-24-17-25(35-11-14-36-15-12-35)22-8-4-9-23(22)27(24)33-19(2)34-28/h3,6-7,16-18,26H,4-5,8-15H2,1-2H3,(H,32,33,34)/t18-,26+/m1/s1. The highest BCUT2D eigenvalue weighted by Crippen LogP contribution is 2.41. The Morgan fingerprint density at radius 1 is 1.05 bits per heavy atom. The normalized spacial score (nSPS) is 20.9. The summed E-state index contributed by atoms with van der Waals surface area (Å²) in [5.74, 6) is -1.57. The third-order valence-corrected chi connectivity index (χ3v) is 7.96. The van der Waals surface area contributed by atoms with Crippen LogP contribution in [0, 0.1) is 6.92 Å². The molecule has 6 rings (SSSR count). The van der Waals surface area contributed by atoms with Gasteiger partial charge in [-0.05, 0) is 74.8 Å². The first-order chi connectivity index (χ1) is 17.9. The van der Waals surface area contributed by atoms with Crippen molar-refractivity contribution in [2.45, 2.75) is 64.0 Å². The quantitative estimate of drug-likeness (QED) is 0.461. The molecule has 2 saturated heterocycles. The number of nitrogens with one attached hydrogen (secondary N) is 1. The van der Waals surface area contributed by atoms with Gasteiger partial charge < -0.3 is 19.7 Å². The number of aryl methyl sites for hydroxylation is 2. The molecule has 3 aliphatic rings. The van der Waals surface area contributed by atoms with Crippen molar-refractivity contribution < 1.29 is 18.3 Å². The van der Waals surface area contributed by atoms with E-state index >= 15 is 8.78 Å². The number of benzene rings is 2. The largest absolute Gasteiger partial charge is 0.378 e. The molecule has 0 radical (unpaired) electrons. The molecule has 0 bridgehead atoms. The predicted octanol–water partition coefficient (Wildman–Crippen LogP) is 5.71. The SMILES string of the molecule is Cc1nc(N[C@H](C)c2cccc(C(F)(F)[C@@H]3CCCO3)c2)c2cc(N3CCOCC3)c3c(c2n1)CCC3. The number of halogens is 2. The van der Waals surface area contributed by atoms with Gasteiger partial charge in [0.25, 0.3) is 5.92 Å². The molecule has 1 aliphatic carbocycles. The first-order valence-electron chi connectivity index (χ1n) is 13.4. The highest BCUT2D eigenvalue weighted by Gasteiger charge is 2.44. The second-order valence-corrected chi connectivity index (χ2v) is 10.4. The van der Waals surface area contributed by atoms with Crippen LogP contribution in [-0.4, -0.2) is 49.0 Å². The predicted molar refractivity (Wildman–Crippen MR) is 141 cm³/mol. The first kappa shape index (κ1) is 24.5. The molecular weight excluding hydrogens is 474 g/mol. The minimum atomic E-state index is -3.02. The van der Waals surface area contributed by atoms with E-state index in [-0.39, 0.29) is 11.6 Å². The summed E-state index contributed by atoms with van der Waals surface area (Å²) < 4.78 is 41.3. The number of morpholine rings is 1. The number of fused-ring (bicyclic) bond motifs is 3. The van der Waals surface area contributed by atoms with E-state index in [2.05, 4.69) is 16.3 Å². The highest BCUT2D eigenvalue weighted by atomic mass is 19.3. The molecule has 0 unspecified atom stereocenters. The molecule has 2 fully saturated rings. The number of anilines is 2. The molecular formula is C29H34F2N4O2. The summed E-state index contributed by atoms with van der Waals surface area (Å²) in [6, 6.07) is 8.70. The lowest BCUT2D eigenvalue weighted by atomic mass is 9.97. The zero-order valence-electron chi connectivity index (χ0n) is 21.5. The summed E-state index contributed by atoms with van der Waals surface area (Å²) in [6.07, 6.45) is 3.20. The number of hydrogen-bond donors (Lipinski definition) is 1. The van der Waals surface area contributed by atoms with Gasteiger partial charge in [-0.25, -0.2) is 9.97 Å². The van der Waals surface area contributed by atoms with E-state index < -0.39 is 12.0 Å². The Hall–Kier alpha value is -2.84. The Morgan fingerprint density at radius 2 is 1.86 bits per heavy atom. The van der Waals surface area contributed by atoms with Crippen molar-refractivity contribution in [3.05, 3.63) is 58.4 Å². The topological polar surface area (TPSA) is 59.5 Å². The van der Waals surface area contributed by atoms with Crippen molar-refractivity contribution in [2.75, 3.05) is 43.1 Å². The molecule has 3 heterocycles. The lowest BCUT2D eigenvalue weighted by Crippen LogP contribution is -2.36. The number of rotatable bonds is 6. The van der Waals surface area contributed by atoms with Crippen LogP contribution in [0.25, 0.3) is 10.9 Å². The van der Waals surface area contributed by atoms with Crippen LogP contribution in [-0.2, 0) is 28.2 Å². The highest BCUT2D eigenvalue weighted by molar-refractivity contribution is 5.96. The van der Waals surface area contributed by atoms with E-state index in [1.165, 1.54) is 22.9 Å². The maximum absolute atomic E-state index is 15.2.